The van der Waals surface area contributed by atoms with Crippen molar-refractivity contribution in [2.24, 2.45) is 4.99 Å². The number of rotatable bonds is 9. The number of hydrogen-bond acceptors (Lipinski definition) is 4. The van der Waals surface area contributed by atoms with Gasteiger partial charge in [0.15, 0.2) is 5.96 Å². The summed E-state index contributed by atoms with van der Waals surface area (Å²) >= 11 is 0. The van der Waals surface area contributed by atoms with Crippen LogP contribution in [0.4, 0.5) is 0 Å². The monoisotopic (exact) mass is 470 g/mol. The Hall–Kier alpha value is -1.87. The van der Waals surface area contributed by atoms with Crippen molar-refractivity contribution in [3.8, 4) is 5.75 Å². The van der Waals surface area contributed by atoms with Gasteiger partial charge in [0.1, 0.15) is 5.75 Å². The number of benzene rings is 1. The van der Waals surface area contributed by atoms with E-state index < -0.39 is 6.10 Å². The first-order valence-corrected chi connectivity index (χ1v) is 8.57. The number of guanidine groups is 1. The standard InChI is InChI=1S/C19H26N4O2.HI/c1-2-21-19(23-15-18(24)16-9-12-20-13-10-16)22-11-6-14-25-17-7-4-3-5-8-17;/h3-5,7-10,12-13,18,24H,2,6,11,14-15H2,1H3,(H2,21,22,23);1H. The SMILES string of the molecule is CCNC(=NCC(O)c1ccncc1)NCCCOc1ccccc1.I. The highest BCUT2D eigenvalue weighted by molar-refractivity contribution is 14.0. The Labute approximate surface area is 172 Å². The second kappa shape index (κ2) is 13.3. The Bertz CT molecular complexity index is 626. The molecule has 6 nitrogen and oxygen atoms in total. The fourth-order valence-corrected chi connectivity index (χ4v) is 2.20. The summed E-state index contributed by atoms with van der Waals surface area (Å²) < 4.78 is 5.66. The molecule has 0 aliphatic heterocycles. The van der Waals surface area contributed by atoms with Gasteiger partial charge in [-0.2, -0.15) is 0 Å². The first kappa shape index (κ1) is 22.2. The summed E-state index contributed by atoms with van der Waals surface area (Å²) in [6.45, 7) is 4.44. The predicted molar refractivity (Wildman–Crippen MR) is 115 cm³/mol. The fourth-order valence-electron chi connectivity index (χ4n) is 2.20. The number of aliphatic imine (C=N–C) groups is 1. The van der Waals surface area contributed by atoms with Crippen LogP contribution in [-0.4, -0.2) is 42.3 Å². The topological polar surface area (TPSA) is 78.8 Å². The second-order valence-electron chi connectivity index (χ2n) is 5.46. The van der Waals surface area contributed by atoms with Gasteiger partial charge >= 0.3 is 0 Å². The second-order valence-corrected chi connectivity index (χ2v) is 5.46. The van der Waals surface area contributed by atoms with E-state index in [2.05, 4.69) is 20.6 Å². The molecule has 0 aliphatic carbocycles. The van der Waals surface area contributed by atoms with Crippen LogP contribution in [0, 0.1) is 0 Å². The molecule has 1 unspecified atom stereocenters. The van der Waals surface area contributed by atoms with E-state index in [1.54, 1.807) is 24.5 Å². The van der Waals surface area contributed by atoms with E-state index in [-0.39, 0.29) is 24.0 Å². The maximum atomic E-state index is 10.2. The van der Waals surface area contributed by atoms with Gasteiger partial charge < -0.3 is 20.5 Å². The normalized spacial score (nSPS) is 12.0. The molecule has 0 amide bonds. The molecule has 2 aromatic rings. The molecule has 1 aromatic heterocycles. The maximum absolute atomic E-state index is 10.2. The number of halogens is 1. The molecule has 1 heterocycles. The summed E-state index contributed by atoms with van der Waals surface area (Å²) in [6, 6.07) is 13.4. The van der Waals surface area contributed by atoms with Crippen LogP contribution >= 0.6 is 24.0 Å². The number of ether oxygens (including phenoxy) is 1. The minimum absolute atomic E-state index is 0. The Morgan fingerprint density at radius 2 is 1.88 bits per heavy atom. The molecule has 2 rings (SSSR count). The maximum Gasteiger partial charge on any atom is 0.191 e. The van der Waals surface area contributed by atoms with Crippen LogP contribution in [0.1, 0.15) is 25.0 Å². The number of aliphatic hydroxyl groups excluding tert-OH is 1. The third kappa shape index (κ3) is 8.48. The molecule has 3 N–H and O–H groups in total. The molecule has 0 saturated carbocycles. The zero-order chi connectivity index (χ0) is 17.7. The van der Waals surface area contributed by atoms with Gasteiger partial charge in [-0.05, 0) is 43.2 Å². The van der Waals surface area contributed by atoms with E-state index in [4.69, 9.17) is 4.74 Å². The highest BCUT2D eigenvalue weighted by Gasteiger charge is 2.06. The third-order valence-corrected chi connectivity index (χ3v) is 3.48. The molecule has 0 aliphatic rings. The van der Waals surface area contributed by atoms with Crippen LogP contribution in [0.3, 0.4) is 0 Å². The quantitative estimate of drug-likeness (QED) is 0.228. The summed E-state index contributed by atoms with van der Waals surface area (Å²) in [5, 5.41) is 16.6. The predicted octanol–water partition coefficient (Wildman–Crippen LogP) is 2.76. The molecule has 0 fully saturated rings. The summed E-state index contributed by atoms with van der Waals surface area (Å²) in [4.78, 5) is 8.38. The third-order valence-electron chi connectivity index (χ3n) is 3.48. The van der Waals surface area contributed by atoms with Crippen LogP contribution in [0.15, 0.2) is 59.9 Å². The molecule has 142 valence electrons. The van der Waals surface area contributed by atoms with Gasteiger partial charge in [-0.15, -0.1) is 24.0 Å². The van der Waals surface area contributed by atoms with E-state index in [9.17, 15) is 5.11 Å². The molecule has 26 heavy (non-hydrogen) atoms. The zero-order valence-electron chi connectivity index (χ0n) is 15.0. The van der Waals surface area contributed by atoms with Crippen molar-refractivity contribution >= 4 is 29.9 Å². The minimum atomic E-state index is -0.639. The molecule has 1 aromatic carbocycles. The van der Waals surface area contributed by atoms with Crippen molar-refractivity contribution in [2.45, 2.75) is 19.4 Å². The highest BCUT2D eigenvalue weighted by Crippen LogP contribution is 2.11. The van der Waals surface area contributed by atoms with Gasteiger partial charge in [0.05, 0.1) is 19.3 Å². The molecule has 0 spiro atoms. The number of aromatic nitrogens is 1. The average Bonchev–Trinajstić information content (AvgIpc) is 2.67. The summed E-state index contributed by atoms with van der Waals surface area (Å²) in [5.74, 6) is 1.57. The number of hydrogen-bond donors (Lipinski definition) is 3. The molecule has 7 heteroatoms. The summed E-state index contributed by atoms with van der Waals surface area (Å²) in [5.41, 5.74) is 0.811. The largest absolute Gasteiger partial charge is 0.494 e. The Morgan fingerprint density at radius 1 is 1.15 bits per heavy atom. The Morgan fingerprint density at radius 3 is 2.58 bits per heavy atom. The lowest BCUT2D eigenvalue weighted by Crippen LogP contribution is -2.38. The lowest BCUT2D eigenvalue weighted by molar-refractivity contribution is 0.187. The van der Waals surface area contributed by atoms with Crippen molar-refractivity contribution < 1.29 is 9.84 Å². The molecular weight excluding hydrogens is 443 g/mol. The van der Waals surface area contributed by atoms with Gasteiger partial charge in [-0.1, -0.05) is 18.2 Å². The average molecular weight is 470 g/mol. The lowest BCUT2D eigenvalue weighted by atomic mass is 10.1. The van der Waals surface area contributed by atoms with E-state index in [0.717, 1.165) is 30.8 Å². The van der Waals surface area contributed by atoms with Crippen LogP contribution in [0.25, 0.3) is 0 Å². The molecule has 1 atom stereocenters. The van der Waals surface area contributed by atoms with E-state index in [1.807, 2.05) is 37.3 Å². The highest BCUT2D eigenvalue weighted by atomic mass is 127. The van der Waals surface area contributed by atoms with Crippen molar-refractivity contribution in [1.82, 2.24) is 15.6 Å². The number of para-hydroxylation sites is 1. The Kier molecular flexibility index (Phi) is 11.4. The minimum Gasteiger partial charge on any atom is -0.494 e. The molecule has 0 radical (unpaired) electrons. The van der Waals surface area contributed by atoms with Gasteiger partial charge in [0.25, 0.3) is 0 Å². The van der Waals surface area contributed by atoms with Gasteiger partial charge in [-0.3, -0.25) is 9.98 Å². The summed E-state index contributed by atoms with van der Waals surface area (Å²) in [7, 11) is 0. The lowest BCUT2D eigenvalue weighted by Gasteiger charge is -2.13. The van der Waals surface area contributed by atoms with Crippen LogP contribution in [-0.2, 0) is 0 Å². The van der Waals surface area contributed by atoms with Crippen molar-refractivity contribution in [3.63, 3.8) is 0 Å². The van der Waals surface area contributed by atoms with Crippen molar-refractivity contribution in [3.05, 3.63) is 60.4 Å². The Balaban J connectivity index is 0.00000338. The van der Waals surface area contributed by atoms with Crippen LogP contribution in [0.2, 0.25) is 0 Å². The fraction of sp³-hybridized carbons (Fsp3) is 0.368. The zero-order valence-corrected chi connectivity index (χ0v) is 17.3. The van der Waals surface area contributed by atoms with Gasteiger partial charge in [0, 0.05) is 25.5 Å². The number of nitrogens with one attached hydrogen (secondary N) is 2. The number of pyridine rings is 1. The number of aliphatic hydroxyl groups is 1. The number of nitrogens with zero attached hydrogens (tertiary/aromatic N) is 2. The van der Waals surface area contributed by atoms with Crippen molar-refractivity contribution in [2.75, 3.05) is 26.2 Å². The van der Waals surface area contributed by atoms with E-state index in [1.165, 1.54) is 0 Å². The summed E-state index contributed by atoms with van der Waals surface area (Å²) in [6.07, 6.45) is 3.54. The molecular formula is C19H27IN4O2. The first-order valence-electron chi connectivity index (χ1n) is 8.57. The first-order chi connectivity index (χ1) is 12.3. The molecule has 0 bridgehead atoms. The smallest absolute Gasteiger partial charge is 0.191 e. The van der Waals surface area contributed by atoms with E-state index >= 15 is 0 Å². The van der Waals surface area contributed by atoms with Crippen LogP contribution < -0.4 is 15.4 Å². The van der Waals surface area contributed by atoms with Crippen LogP contribution in [0.5, 0.6) is 5.75 Å². The van der Waals surface area contributed by atoms with Gasteiger partial charge in [0.2, 0.25) is 0 Å². The van der Waals surface area contributed by atoms with Gasteiger partial charge in [-0.25, -0.2) is 0 Å². The van der Waals surface area contributed by atoms with Crippen molar-refractivity contribution in [1.29, 1.82) is 0 Å². The van der Waals surface area contributed by atoms with E-state index in [0.29, 0.717) is 19.1 Å². The molecule has 0 saturated heterocycles.